The maximum atomic E-state index is 13.6. The zero-order chi connectivity index (χ0) is 29.1. The monoisotopic (exact) mass is 562 g/mol. The predicted molar refractivity (Wildman–Crippen MR) is 146 cm³/mol. The van der Waals surface area contributed by atoms with E-state index in [9.17, 15) is 23.2 Å². The third-order valence-corrected chi connectivity index (χ3v) is 6.74. The molecule has 0 saturated carbocycles. The van der Waals surface area contributed by atoms with Gasteiger partial charge in [-0.1, -0.05) is 36.4 Å². The van der Waals surface area contributed by atoms with E-state index >= 15 is 0 Å². The third-order valence-electron chi connectivity index (χ3n) is 6.74. The number of carbonyl (C=O) groups is 3. The van der Waals surface area contributed by atoms with Crippen LogP contribution in [0.15, 0.2) is 79.0 Å². The molecule has 2 amide bonds. The largest absolute Gasteiger partial charge is 0.484 e. The number of nitrogens with zero attached hydrogens (tertiary/aromatic N) is 2. The Balaban J connectivity index is 1.38. The summed E-state index contributed by atoms with van der Waals surface area (Å²) in [6.07, 6.45) is 1.33. The summed E-state index contributed by atoms with van der Waals surface area (Å²) >= 11 is 0. The van der Waals surface area contributed by atoms with Crippen molar-refractivity contribution in [3.05, 3.63) is 90.1 Å². The maximum Gasteiger partial charge on any atom is 0.328 e. The number of carbonyl (C=O) groups excluding carboxylic acids is 3. The number of esters is 1. The molecule has 1 saturated heterocycles. The topological polar surface area (TPSA) is 112 Å². The number of hydrogen-bond donors (Lipinski definition) is 2. The molecule has 1 aliphatic heterocycles. The van der Waals surface area contributed by atoms with Crippen molar-refractivity contribution in [2.24, 2.45) is 0 Å². The van der Waals surface area contributed by atoms with Crippen molar-refractivity contribution in [3.63, 3.8) is 0 Å². The van der Waals surface area contributed by atoms with Crippen LogP contribution in [-0.4, -0.2) is 52.2 Å². The minimum atomic E-state index is -3.52. The summed E-state index contributed by atoms with van der Waals surface area (Å²) in [5, 5.41) is 10.3. The third kappa shape index (κ3) is 6.19. The van der Waals surface area contributed by atoms with Crippen LogP contribution in [0, 0.1) is 0 Å². The second kappa shape index (κ2) is 11.4. The Morgan fingerprint density at radius 3 is 2.59 bits per heavy atom. The number of amides is 2. The average Bonchev–Trinajstić information content (AvgIpc) is 3.57. The Hall–Kier alpha value is -4.80. The van der Waals surface area contributed by atoms with E-state index in [1.165, 1.54) is 0 Å². The lowest BCUT2D eigenvalue weighted by molar-refractivity contribution is -0.144. The van der Waals surface area contributed by atoms with E-state index in [4.69, 9.17) is 9.47 Å². The van der Waals surface area contributed by atoms with Gasteiger partial charge in [0.25, 0.3) is 11.8 Å². The number of aromatic nitrogens is 2. The maximum absolute atomic E-state index is 13.6. The van der Waals surface area contributed by atoms with Gasteiger partial charge in [0.2, 0.25) is 0 Å². The van der Waals surface area contributed by atoms with Gasteiger partial charge in [0.15, 0.2) is 0 Å². The molecule has 4 aromatic rings. The zero-order valence-electron chi connectivity index (χ0n) is 22.3. The average molecular weight is 563 g/mol. The molecule has 0 radical (unpaired) electrons. The van der Waals surface area contributed by atoms with Crippen molar-refractivity contribution in [3.8, 4) is 11.4 Å². The molecule has 212 valence electrons. The highest BCUT2D eigenvalue weighted by atomic mass is 19.3. The number of hydrogen-bond acceptors (Lipinski definition) is 6. The van der Waals surface area contributed by atoms with Crippen LogP contribution in [-0.2, 0) is 14.3 Å². The number of halogens is 2. The first-order valence-electron chi connectivity index (χ1n) is 13.1. The summed E-state index contributed by atoms with van der Waals surface area (Å²) in [5.74, 6) is -5.29. The Morgan fingerprint density at radius 2 is 1.88 bits per heavy atom. The fourth-order valence-electron chi connectivity index (χ4n) is 4.59. The Bertz CT molecular complexity index is 1580. The summed E-state index contributed by atoms with van der Waals surface area (Å²) in [5.41, 5.74) is 2.44. The van der Waals surface area contributed by atoms with Crippen LogP contribution in [0.25, 0.3) is 16.6 Å². The molecule has 3 atom stereocenters. The highest BCUT2D eigenvalue weighted by Crippen LogP contribution is 2.29. The number of ether oxygens (including phenoxy) is 2. The second-order valence-corrected chi connectivity index (χ2v) is 9.91. The van der Waals surface area contributed by atoms with Gasteiger partial charge in [-0.25, -0.2) is 9.48 Å². The SMILES string of the molecule is C[C@H](NC(=O)C(C)(F)F)[C@H](Oc1ccc2c(cnn2-c2cccc(C(=O)N[C@H]3CCOC3=O)c2)c1)c1ccccc1. The van der Waals surface area contributed by atoms with Gasteiger partial charge >= 0.3 is 11.9 Å². The molecule has 11 heteroatoms. The molecular weight excluding hydrogens is 534 g/mol. The van der Waals surface area contributed by atoms with E-state index in [0.29, 0.717) is 35.9 Å². The number of benzene rings is 3. The van der Waals surface area contributed by atoms with Crippen LogP contribution in [0.2, 0.25) is 0 Å². The Labute approximate surface area is 234 Å². The normalized spacial score (nSPS) is 16.6. The Morgan fingerprint density at radius 1 is 1.10 bits per heavy atom. The number of nitrogens with one attached hydrogen (secondary N) is 2. The molecule has 1 aromatic heterocycles. The van der Waals surface area contributed by atoms with E-state index in [2.05, 4.69) is 15.7 Å². The van der Waals surface area contributed by atoms with Gasteiger partial charge in [0, 0.05) is 24.3 Å². The molecule has 41 heavy (non-hydrogen) atoms. The van der Waals surface area contributed by atoms with Crippen molar-refractivity contribution in [1.82, 2.24) is 20.4 Å². The van der Waals surface area contributed by atoms with Crippen molar-refractivity contribution in [1.29, 1.82) is 0 Å². The summed E-state index contributed by atoms with van der Waals surface area (Å²) in [6, 6.07) is 19.7. The fraction of sp³-hybridized carbons (Fsp3) is 0.267. The summed E-state index contributed by atoms with van der Waals surface area (Å²) in [7, 11) is 0. The number of alkyl halides is 2. The smallest absolute Gasteiger partial charge is 0.328 e. The summed E-state index contributed by atoms with van der Waals surface area (Å²) in [6.45, 7) is 2.44. The van der Waals surface area contributed by atoms with Crippen LogP contribution in [0.3, 0.4) is 0 Å². The van der Waals surface area contributed by atoms with Crippen molar-refractivity contribution >= 4 is 28.7 Å². The minimum Gasteiger partial charge on any atom is -0.484 e. The van der Waals surface area contributed by atoms with E-state index < -0.39 is 41.9 Å². The molecule has 1 fully saturated rings. The van der Waals surface area contributed by atoms with Gasteiger partial charge < -0.3 is 20.1 Å². The zero-order valence-corrected chi connectivity index (χ0v) is 22.3. The second-order valence-electron chi connectivity index (χ2n) is 9.91. The molecule has 2 heterocycles. The van der Waals surface area contributed by atoms with Crippen molar-refractivity contribution in [2.75, 3.05) is 6.61 Å². The van der Waals surface area contributed by atoms with Gasteiger partial charge in [0.05, 0.1) is 30.0 Å². The molecule has 2 N–H and O–H groups in total. The van der Waals surface area contributed by atoms with Crippen molar-refractivity contribution in [2.45, 2.75) is 44.4 Å². The number of rotatable bonds is 9. The van der Waals surface area contributed by atoms with Gasteiger partial charge in [0.1, 0.15) is 17.9 Å². The van der Waals surface area contributed by atoms with Gasteiger partial charge in [-0.2, -0.15) is 13.9 Å². The highest BCUT2D eigenvalue weighted by molar-refractivity contribution is 5.97. The first-order chi connectivity index (χ1) is 19.6. The Kier molecular flexibility index (Phi) is 7.69. The molecule has 9 nitrogen and oxygen atoms in total. The van der Waals surface area contributed by atoms with Gasteiger partial charge in [-0.3, -0.25) is 9.59 Å². The van der Waals surface area contributed by atoms with Crippen molar-refractivity contribution < 1.29 is 32.6 Å². The molecule has 0 spiro atoms. The molecule has 3 aromatic carbocycles. The first-order valence-corrected chi connectivity index (χ1v) is 13.1. The van der Waals surface area contributed by atoms with Crippen LogP contribution in [0.5, 0.6) is 5.75 Å². The highest BCUT2D eigenvalue weighted by Gasteiger charge is 2.35. The summed E-state index contributed by atoms with van der Waals surface area (Å²) < 4.78 is 39.9. The lowest BCUT2D eigenvalue weighted by atomic mass is 10.0. The molecule has 0 aliphatic carbocycles. The van der Waals surface area contributed by atoms with Crippen LogP contribution < -0.4 is 15.4 Å². The number of fused-ring (bicyclic) bond motifs is 1. The lowest BCUT2D eigenvalue weighted by Gasteiger charge is -2.27. The van der Waals surface area contributed by atoms with E-state index in [-0.39, 0.29) is 6.61 Å². The molecule has 0 unspecified atom stereocenters. The van der Waals surface area contributed by atoms with Gasteiger partial charge in [-0.05, 0) is 48.9 Å². The van der Waals surface area contributed by atoms with Crippen LogP contribution >= 0.6 is 0 Å². The molecule has 0 bridgehead atoms. The van der Waals surface area contributed by atoms with Gasteiger partial charge in [-0.15, -0.1) is 0 Å². The van der Waals surface area contributed by atoms with E-state index in [1.54, 1.807) is 84.5 Å². The molecule has 5 rings (SSSR count). The first kappa shape index (κ1) is 27.8. The van der Waals surface area contributed by atoms with Crippen LogP contribution in [0.1, 0.15) is 42.3 Å². The van der Waals surface area contributed by atoms with Crippen LogP contribution in [0.4, 0.5) is 8.78 Å². The van der Waals surface area contributed by atoms with E-state index in [0.717, 1.165) is 10.9 Å². The quantitative estimate of drug-likeness (QED) is 0.294. The summed E-state index contributed by atoms with van der Waals surface area (Å²) in [4.78, 5) is 36.4. The fourth-order valence-corrected chi connectivity index (χ4v) is 4.59. The molecule has 1 aliphatic rings. The minimum absolute atomic E-state index is 0.281. The van der Waals surface area contributed by atoms with E-state index in [1.807, 2.05) is 6.07 Å². The lowest BCUT2D eigenvalue weighted by Crippen LogP contribution is -2.46. The molecular formula is C30H28F2N4O5. The number of cyclic esters (lactones) is 1. The predicted octanol–water partition coefficient (Wildman–Crippen LogP) is 4.35. The standard InChI is InChI=1S/C30H28F2N4O5/c1-18(34-29(39)30(2,31)32)26(19-7-4-3-5-8-19)41-23-11-12-25-21(16-23)17-33-36(25)22-10-6-9-20(15-22)27(37)35-24-13-14-40-28(24)38/h3-12,15-18,24,26H,13-14H2,1-2H3,(H,34,39)(H,35,37)/t18-,24-,26-/m0/s1.